The Bertz CT molecular complexity index is 230. The van der Waals surface area contributed by atoms with Crippen LogP contribution in [-0.4, -0.2) is 43.2 Å². The first kappa shape index (κ1) is 15.4. The van der Waals surface area contributed by atoms with Crippen LogP contribution in [0.25, 0.3) is 0 Å². The number of hydrogen-bond donors (Lipinski definition) is 2. The minimum atomic E-state index is -0.0679. The molecule has 1 aliphatic heterocycles. The summed E-state index contributed by atoms with van der Waals surface area (Å²) in [6.45, 7) is 6.34. The van der Waals surface area contributed by atoms with E-state index in [-0.39, 0.29) is 5.91 Å². The average Bonchev–Trinajstić information content (AvgIpc) is 2.89. The third-order valence-electron chi connectivity index (χ3n) is 3.47. The maximum Gasteiger partial charge on any atom is 0.233 e. The van der Waals surface area contributed by atoms with Gasteiger partial charge in [0, 0.05) is 19.6 Å². The number of rotatable bonds is 9. The predicted molar refractivity (Wildman–Crippen MR) is 71.9 cm³/mol. The molecule has 1 rings (SSSR count). The minimum Gasteiger partial charge on any atom is -0.377 e. The number of likely N-dealkylation sites (N-methyl/N-ethyl adjacent to an activating group) is 1. The maximum atomic E-state index is 10.9. The molecule has 0 aromatic carbocycles. The molecule has 5 nitrogen and oxygen atoms in total. The summed E-state index contributed by atoms with van der Waals surface area (Å²) in [5, 5.41) is 0. The van der Waals surface area contributed by atoms with Gasteiger partial charge in [0.25, 0.3) is 0 Å². The van der Waals surface area contributed by atoms with Gasteiger partial charge in [-0.2, -0.15) is 0 Å². The van der Waals surface area contributed by atoms with E-state index in [0.717, 1.165) is 45.5 Å². The second-order valence-electron chi connectivity index (χ2n) is 4.91. The first-order valence-electron chi connectivity index (χ1n) is 7.09. The van der Waals surface area contributed by atoms with Gasteiger partial charge in [-0.15, -0.1) is 0 Å². The lowest BCUT2D eigenvalue weighted by Gasteiger charge is -2.23. The van der Waals surface area contributed by atoms with E-state index in [2.05, 4.69) is 17.2 Å². The van der Waals surface area contributed by atoms with Crippen LogP contribution >= 0.6 is 0 Å². The summed E-state index contributed by atoms with van der Waals surface area (Å²) in [6.07, 6.45) is 6.51. The summed E-state index contributed by atoms with van der Waals surface area (Å²) >= 11 is 0. The van der Waals surface area contributed by atoms with E-state index < -0.39 is 0 Å². The summed E-state index contributed by atoms with van der Waals surface area (Å²) in [5.41, 5.74) is 2.16. The molecule has 3 N–H and O–H groups in total. The lowest BCUT2D eigenvalue weighted by molar-refractivity contribution is -0.121. The molecule has 1 atom stereocenters. The van der Waals surface area contributed by atoms with Crippen LogP contribution in [0, 0.1) is 0 Å². The van der Waals surface area contributed by atoms with Crippen molar-refractivity contribution < 1.29 is 9.53 Å². The van der Waals surface area contributed by atoms with E-state index in [1.54, 1.807) is 0 Å². The Morgan fingerprint density at radius 3 is 2.89 bits per heavy atom. The molecule has 0 saturated carbocycles. The van der Waals surface area contributed by atoms with E-state index >= 15 is 0 Å². The lowest BCUT2D eigenvalue weighted by Crippen LogP contribution is -2.33. The van der Waals surface area contributed by atoms with Crippen LogP contribution in [0.2, 0.25) is 0 Å². The molecule has 5 heteroatoms. The fourth-order valence-electron chi connectivity index (χ4n) is 2.32. The van der Waals surface area contributed by atoms with Gasteiger partial charge in [0.2, 0.25) is 5.91 Å². The Kier molecular flexibility index (Phi) is 7.96. The smallest absolute Gasteiger partial charge is 0.233 e. The number of hydrogen-bond acceptors (Lipinski definition) is 4. The van der Waals surface area contributed by atoms with Crippen LogP contribution in [0.15, 0.2) is 0 Å². The van der Waals surface area contributed by atoms with E-state index in [9.17, 15) is 4.79 Å². The standard InChI is InChI=1S/C13H27N3O2/c1-2-16(11-12-7-6-10-18-12)9-5-3-4-8-13(17)15-14/h12H,2-11,14H2,1H3,(H,15,17). The van der Waals surface area contributed by atoms with Crippen molar-refractivity contribution in [1.82, 2.24) is 10.3 Å². The molecule has 1 fully saturated rings. The fraction of sp³-hybridized carbons (Fsp3) is 0.923. The van der Waals surface area contributed by atoms with Gasteiger partial charge in [-0.25, -0.2) is 5.84 Å². The molecule has 18 heavy (non-hydrogen) atoms. The first-order chi connectivity index (χ1) is 8.76. The second-order valence-corrected chi connectivity index (χ2v) is 4.91. The van der Waals surface area contributed by atoms with Gasteiger partial charge >= 0.3 is 0 Å². The molecule has 1 aliphatic rings. The zero-order valence-electron chi connectivity index (χ0n) is 11.5. The van der Waals surface area contributed by atoms with Gasteiger partial charge in [-0.05, 0) is 38.8 Å². The Hall–Kier alpha value is -0.650. The van der Waals surface area contributed by atoms with Crippen molar-refractivity contribution in [2.24, 2.45) is 5.84 Å². The number of carbonyl (C=O) groups excluding carboxylic acids is 1. The molecule has 0 radical (unpaired) electrons. The van der Waals surface area contributed by atoms with Crippen molar-refractivity contribution in [2.75, 3.05) is 26.2 Å². The third-order valence-corrected chi connectivity index (χ3v) is 3.47. The topological polar surface area (TPSA) is 67.6 Å². The molecule has 1 unspecified atom stereocenters. The van der Waals surface area contributed by atoms with Crippen LogP contribution in [-0.2, 0) is 9.53 Å². The van der Waals surface area contributed by atoms with Crippen LogP contribution in [0.3, 0.4) is 0 Å². The number of nitrogens with zero attached hydrogens (tertiary/aromatic N) is 1. The van der Waals surface area contributed by atoms with Gasteiger partial charge in [-0.1, -0.05) is 13.3 Å². The van der Waals surface area contributed by atoms with Crippen molar-refractivity contribution in [3.05, 3.63) is 0 Å². The van der Waals surface area contributed by atoms with Crippen LogP contribution in [0.4, 0.5) is 0 Å². The number of ether oxygens (including phenoxy) is 1. The number of nitrogens with two attached hydrogens (primary N) is 1. The average molecular weight is 257 g/mol. The number of hydrazine groups is 1. The van der Waals surface area contributed by atoms with Crippen LogP contribution < -0.4 is 11.3 Å². The van der Waals surface area contributed by atoms with E-state index in [0.29, 0.717) is 12.5 Å². The van der Waals surface area contributed by atoms with Crippen molar-refractivity contribution in [3.63, 3.8) is 0 Å². The highest BCUT2D eigenvalue weighted by Gasteiger charge is 2.17. The molecule has 0 spiro atoms. The van der Waals surface area contributed by atoms with Crippen molar-refractivity contribution in [2.45, 2.75) is 51.6 Å². The lowest BCUT2D eigenvalue weighted by atomic mass is 10.1. The second kappa shape index (κ2) is 9.30. The molecule has 1 heterocycles. The highest BCUT2D eigenvalue weighted by Crippen LogP contribution is 2.13. The molecule has 0 aromatic rings. The van der Waals surface area contributed by atoms with E-state index in [1.165, 1.54) is 12.8 Å². The fourth-order valence-corrected chi connectivity index (χ4v) is 2.32. The van der Waals surface area contributed by atoms with Crippen molar-refractivity contribution >= 4 is 5.91 Å². The van der Waals surface area contributed by atoms with Crippen molar-refractivity contribution in [1.29, 1.82) is 0 Å². The summed E-state index contributed by atoms with van der Waals surface area (Å²) < 4.78 is 5.65. The molecule has 1 saturated heterocycles. The molecule has 0 aliphatic carbocycles. The van der Waals surface area contributed by atoms with E-state index in [4.69, 9.17) is 10.6 Å². The van der Waals surface area contributed by atoms with Gasteiger partial charge in [-0.3, -0.25) is 10.2 Å². The van der Waals surface area contributed by atoms with Crippen LogP contribution in [0.5, 0.6) is 0 Å². The monoisotopic (exact) mass is 257 g/mol. The normalized spacial score (nSPS) is 19.4. The van der Waals surface area contributed by atoms with Crippen molar-refractivity contribution in [3.8, 4) is 0 Å². The van der Waals surface area contributed by atoms with Gasteiger partial charge in [0.05, 0.1) is 6.10 Å². The third kappa shape index (κ3) is 6.33. The zero-order valence-corrected chi connectivity index (χ0v) is 11.5. The van der Waals surface area contributed by atoms with Gasteiger partial charge < -0.3 is 9.64 Å². The molecule has 106 valence electrons. The quantitative estimate of drug-likeness (QED) is 0.280. The molecule has 0 aromatic heterocycles. The Balaban J connectivity index is 2.02. The molecular formula is C13H27N3O2. The Morgan fingerprint density at radius 2 is 2.28 bits per heavy atom. The molecular weight excluding hydrogens is 230 g/mol. The number of nitrogens with one attached hydrogen (secondary N) is 1. The minimum absolute atomic E-state index is 0.0679. The number of amides is 1. The highest BCUT2D eigenvalue weighted by molar-refractivity contribution is 5.74. The number of unbranched alkanes of at least 4 members (excludes halogenated alkanes) is 2. The van der Waals surface area contributed by atoms with Gasteiger partial charge in [0.15, 0.2) is 0 Å². The predicted octanol–water partition coefficient (Wildman–Crippen LogP) is 1.04. The summed E-state index contributed by atoms with van der Waals surface area (Å²) in [7, 11) is 0. The zero-order chi connectivity index (χ0) is 13.2. The summed E-state index contributed by atoms with van der Waals surface area (Å²) in [6, 6.07) is 0. The van der Waals surface area contributed by atoms with Crippen LogP contribution in [0.1, 0.15) is 45.4 Å². The summed E-state index contributed by atoms with van der Waals surface area (Å²) in [4.78, 5) is 13.4. The number of carbonyl (C=O) groups is 1. The summed E-state index contributed by atoms with van der Waals surface area (Å²) in [5.74, 6) is 4.96. The molecule has 0 bridgehead atoms. The maximum absolute atomic E-state index is 10.9. The SMILES string of the molecule is CCN(CCCCCC(=O)NN)CC1CCCO1. The van der Waals surface area contributed by atoms with E-state index in [1.807, 2.05) is 0 Å². The van der Waals surface area contributed by atoms with Gasteiger partial charge in [0.1, 0.15) is 0 Å². The molecule has 1 amide bonds. The Morgan fingerprint density at radius 1 is 1.44 bits per heavy atom. The highest BCUT2D eigenvalue weighted by atomic mass is 16.5. The Labute approximate surface area is 110 Å². The first-order valence-corrected chi connectivity index (χ1v) is 7.09. The largest absolute Gasteiger partial charge is 0.377 e.